The number of aryl methyl sites for hydroxylation is 1. The Morgan fingerprint density at radius 3 is 2.62 bits per heavy atom. The van der Waals surface area contributed by atoms with Crippen LogP contribution in [0.3, 0.4) is 0 Å². The molecule has 0 aliphatic heterocycles. The van der Waals surface area contributed by atoms with E-state index in [9.17, 15) is 13.2 Å². The van der Waals surface area contributed by atoms with E-state index in [2.05, 4.69) is 4.98 Å². The highest BCUT2D eigenvalue weighted by atomic mass is 35.5. The number of anilines is 1. The Morgan fingerprint density at radius 2 is 1.91 bits per heavy atom. The van der Waals surface area contributed by atoms with Gasteiger partial charge in [-0.3, -0.25) is 9.69 Å². The number of hydrogen-bond acceptors (Lipinski definition) is 6. The predicted molar refractivity (Wildman–Crippen MR) is 127 cm³/mol. The van der Waals surface area contributed by atoms with E-state index in [0.29, 0.717) is 15.9 Å². The Bertz CT molecular complexity index is 1330. The summed E-state index contributed by atoms with van der Waals surface area (Å²) in [4.78, 5) is 19.6. The summed E-state index contributed by atoms with van der Waals surface area (Å²) in [5.74, 6) is 0.295. The molecule has 1 amide bonds. The molecule has 32 heavy (non-hydrogen) atoms. The number of rotatable bonds is 8. The molecule has 0 N–H and O–H groups in total. The molecular formula is C23H21ClN2O4S2. The van der Waals surface area contributed by atoms with E-state index in [0.717, 1.165) is 15.8 Å². The fourth-order valence-corrected chi connectivity index (χ4v) is 5.85. The summed E-state index contributed by atoms with van der Waals surface area (Å²) in [5.41, 5.74) is 1.60. The van der Waals surface area contributed by atoms with Crippen LogP contribution in [0.5, 0.6) is 0 Å². The molecule has 0 saturated heterocycles. The minimum atomic E-state index is -3.44. The van der Waals surface area contributed by atoms with Crippen LogP contribution in [0, 0.1) is 6.92 Å². The molecule has 0 aliphatic carbocycles. The first-order valence-corrected chi connectivity index (χ1v) is 12.9. The maximum absolute atomic E-state index is 13.2. The van der Waals surface area contributed by atoms with Crippen LogP contribution in [0.25, 0.3) is 10.2 Å². The van der Waals surface area contributed by atoms with Crippen LogP contribution in [-0.4, -0.2) is 25.1 Å². The smallest absolute Gasteiger partial charge is 0.229 e. The normalized spacial score (nSPS) is 11.7. The Labute approximate surface area is 195 Å². The van der Waals surface area contributed by atoms with Gasteiger partial charge in [-0.15, -0.1) is 0 Å². The maximum atomic E-state index is 13.2. The number of amides is 1. The van der Waals surface area contributed by atoms with Crippen LogP contribution in [0.4, 0.5) is 5.13 Å². The molecule has 2 aromatic heterocycles. The van der Waals surface area contributed by atoms with Gasteiger partial charge in [-0.1, -0.05) is 41.1 Å². The molecule has 166 valence electrons. The van der Waals surface area contributed by atoms with Crippen LogP contribution >= 0.6 is 22.9 Å². The standard InChI is InChI=1S/C23H21ClN2O4S2/c1-16-19(24)11-12-20-22(16)25-23(31-20)26(15-17-7-5-13-30-17)21(27)10-6-14-32(28,29)18-8-3-2-4-9-18/h2-5,7-9,11-13H,6,10,14-15H2,1H3. The molecule has 0 unspecified atom stereocenters. The number of halogens is 1. The number of hydrogen-bond donors (Lipinski definition) is 0. The molecule has 0 spiro atoms. The zero-order valence-electron chi connectivity index (χ0n) is 17.3. The van der Waals surface area contributed by atoms with Crippen molar-refractivity contribution in [3.05, 3.63) is 77.2 Å². The highest BCUT2D eigenvalue weighted by molar-refractivity contribution is 7.91. The monoisotopic (exact) mass is 488 g/mol. The molecule has 2 heterocycles. The summed E-state index contributed by atoms with van der Waals surface area (Å²) in [6.07, 6.45) is 1.83. The summed E-state index contributed by atoms with van der Waals surface area (Å²) >= 11 is 7.62. The number of nitrogens with zero attached hydrogens (tertiary/aromatic N) is 2. The summed E-state index contributed by atoms with van der Waals surface area (Å²) in [5, 5.41) is 1.14. The van der Waals surface area contributed by atoms with E-state index < -0.39 is 9.84 Å². The largest absolute Gasteiger partial charge is 0.467 e. The van der Waals surface area contributed by atoms with Crippen molar-refractivity contribution >= 4 is 54.0 Å². The van der Waals surface area contributed by atoms with Crippen LogP contribution in [0.2, 0.25) is 5.02 Å². The predicted octanol–water partition coefficient (Wildman–Crippen LogP) is 5.64. The number of furan rings is 1. The van der Waals surface area contributed by atoms with Crippen molar-refractivity contribution < 1.29 is 17.6 Å². The first kappa shape index (κ1) is 22.5. The Kier molecular flexibility index (Phi) is 6.64. The molecule has 2 aromatic carbocycles. The van der Waals surface area contributed by atoms with Gasteiger partial charge in [0.1, 0.15) is 5.76 Å². The van der Waals surface area contributed by atoms with Crippen molar-refractivity contribution in [1.29, 1.82) is 0 Å². The molecule has 0 bridgehead atoms. The number of carbonyl (C=O) groups excluding carboxylic acids is 1. The summed E-state index contributed by atoms with van der Waals surface area (Å²) in [7, 11) is -3.44. The van der Waals surface area contributed by atoms with Gasteiger partial charge in [0.25, 0.3) is 0 Å². The van der Waals surface area contributed by atoms with Gasteiger partial charge in [-0.25, -0.2) is 13.4 Å². The van der Waals surface area contributed by atoms with Crippen LogP contribution in [-0.2, 0) is 21.2 Å². The van der Waals surface area contributed by atoms with Crippen molar-refractivity contribution in [2.75, 3.05) is 10.7 Å². The van der Waals surface area contributed by atoms with Crippen LogP contribution in [0.1, 0.15) is 24.2 Å². The molecule has 0 fully saturated rings. The number of fused-ring (bicyclic) bond motifs is 1. The Hall–Kier alpha value is -2.68. The zero-order valence-corrected chi connectivity index (χ0v) is 19.7. The second kappa shape index (κ2) is 9.44. The van der Waals surface area contributed by atoms with Crippen molar-refractivity contribution in [3.63, 3.8) is 0 Å². The van der Waals surface area contributed by atoms with E-state index in [4.69, 9.17) is 16.0 Å². The van der Waals surface area contributed by atoms with Gasteiger partial charge < -0.3 is 4.42 Å². The van der Waals surface area contributed by atoms with Gasteiger partial charge >= 0.3 is 0 Å². The molecule has 0 saturated carbocycles. The lowest BCUT2D eigenvalue weighted by molar-refractivity contribution is -0.118. The average Bonchev–Trinajstić information content (AvgIpc) is 3.45. The third kappa shape index (κ3) is 4.87. The average molecular weight is 489 g/mol. The third-order valence-corrected chi connectivity index (χ3v) is 8.34. The Morgan fingerprint density at radius 1 is 1.12 bits per heavy atom. The van der Waals surface area contributed by atoms with E-state index in [1.165, 1.54) is 11.3 Å². The van der Waals surface area contributed by atoms with Crippen molar-refractivity contribution in [2.45, 2.75) is 31.2 Å². The van der Waals surface area contributed by atoms with Gasteiger partial charge in [0.2, 0.25) is 5.91 Å². The summed E-state index contributed by atoms with van der Waals surface area (Å²) in [6, 6.07) is 15.5. The fraction of sp³-hybridized carbons (Fsp3) is 0.217. The molecule has 6 nitrogen and oxygen atoms in total. The molecule has 4 rings (SSSR count). The molecule has 9 heteroatoms. The van der Waals surface area contributed by atoms with Gasteiger partial charge in [0.05, 0.1) is 33.7 Å². The summed E-state index contributed by atoms with van der Waals surface area (Å²) in [6.45, 7) is 2.10. The SMILES string of the molecule is Cc1c(Cl)ccc2sc(N(Cc3ccco3)C(=O)CCCS(=O)(=O)c3ccccc3)nc12. The molecular weight excluding hydrogens is 468 g/mol. The first-order chi connectivity index (χ1) is 15.3. The lowest BCUT2D eigenvalue weighted by Gasteiger charge is -2.18. The number of carbonyl (C=O) groups is 1. The van der Waals surface area contributed by atoms with Gasteiger partial charge in [-0.2, -0.15) is 0 Å². The van der Waals surface area contributed by atoms with Crippen molar-refractivity contribution in [2.24, 2.45) is 0 Å². The minimum absolute atomic E-state index is 0.0719. The van der Waals surface area contributed by atoms with E-state index >= 15 is 0 Å². The highest BCUT2D eigenvalue weighted by Gasteiger charge is 2.23. The van der Waals surface area contributed by atoms with Crippen LogP contribution < -0.4 is 4.90 Å². The fourth-order valence-electron chi connectivity index (χ4n) is 3.32. The van der Waals surface area contributed by atoms with Crippen molar-refractivity contribution in [3.8, 4) is 0 Å². The number of aromatic nitrogens is 1. The third-order valence-electron chi connectivity index (χ3n) is 5.07. The topological polar surface area (TPSA) is 80.5 Å². The molecule has 0 radical (unpaired) electrons. The summed E-state index contributed by atoms with van der Waals surface area (Å²) < 4.78 is 31.4. The number of thiazole rings is 1. The Balaban J connectivity index is 1.54. The number of benzene rings is 2. The molecule has 4 aromatic rings. The van der Waals surface area contributed by atoms with E-state index in [1.54, 1.807) is 53.6 Å². The van der Waals surface area contributed by atoms with Crippen LogP contribution in [0.15, 0.2) is 70.2 Å². The lowest BCUT2D eigenvalue weighted by Crippen LogP contribution is -2.30. The molecule has 0 atom stereocenters. The van der Waals surface area contributed by atoms with Gasteiger partial charge in [0.15, 0.2) is 15.0 Å². The molecule has 0 aliphatic rings. The lowest BCUT2D eigenvalue weighted by atomic mass is 10.2. The maximum Gasteiger partial charge on any atom is 0.229 e. The van der Waals surface area contributed by atoms with Gasteiger partial charge in [-0.05, 0) is 55.3 Å². The van der Waals surface area contributed by atoms with Crippen molar-refractivity contribution in [1.82, 2.24) is 4.98 Å². The zero-order chi connectivity index (χ0) is 22.7. The first-order valence-electron chi connectivity index (χ1n) is 10.0. The second-order valence-corrected chi connectivity index (χ2v) is 10.8. The minimum Gasteiger partial charge on any atom is -0.467 e. The van der Waals surface area contributed by atoms with E-state index in [-0.39, 0.29) is 35.9 Å². The number of sulfone groups is 1. The van der Waals surface area contributed by atoms with Gasteiger partial charge in [0, 0.05) is 11.4 Å². The second-order valence-electron chi connectivity index (χ2n) is 7.31. The highest BCUT2D eigenvalue weighted by Crippen LogP contribution is 2.34. The van der Waals surface area contributed by atoms with E-state index in [1.807, 2.05) is 19.1 Å². The quantitative estimate of drug-likeness (QED) is 0.320.